The first-order valence-corrected chi connectivity index (χ1v) is 14.0. The molecule has 0 aliphatic carbocycles. The zero-order valence-electron chi connectivity index (χ0n) is 20.5. The molecule has 3 aromatic rings. The fourth-order valence-corrected chi connectivity index (χ4v) is 5.17. The van der Waals surface area contributed by atoms with Gasteiger partial charge in [0.2, 0.25) is 5.91 Å². The minimum atomic E-state index is -4.06. The van der Waals surface area contributed by atoms with Gasteiger partial charge in [-0.3, -0.25) is 9.10 Å². The molecule has 0 saturated heterocycles. The van der Waals surface area contributed by atoms with E-state index in [0.717, 1.165) is 9.20 Å². The Morgan fingerprint density at radius 2 is 1.61 bits per heavy atom. The number of carbonyl (C=O) groups excluding carboxylic acids is 1. The van der Waals surface area contributed by atoms with Crippen LogP contribution in [0.4, 0.5) is 5.69 Å². The monoisotopic (exact) mass is 530 g/mol. The smallest absolute Gasteiger partial charge is 0.264 e. The van der Waals surface area contributed by atoms with Gasteiger partial charge in [-0.05, 0) is 73.8 Å². The number of hydrogen-bond donors (Lipinski definition) is 1. The Kier molecular flexibility index (Phi) is 9.89. The summed E-state index contributed by atoms with van der Waals surface area (Å²) < 4.78 is 44.8. The lowest BCUT2D eigenvalue weighted by atomic mass is 10.3. The molecule has 3 aromatic carbocycles. The van der Waals surface area contributed by atoms with Crippen molar-refractivity contribution in [2.75, 3.05) is 44.0 Å². The van der Waals surface area contributed by atoms with Crippen LogP contribution in [0.3, 0.4) is 0 Å². The molecule has 0 spiro atoms. The Balaban J connectivity index is 1.75. The second-order valence-electron chi connectivity index (χ2n) is 7.46. The van der Waals surface area contributed by atoms with Crippen molar-refractivity contribution in [3.8, 4) is 17.2 Å². The number of amides is 1. The summed E-state index contributed by atoms with van der Waals surface area (Å²) in [6.45, 7) is 2.17. The van der Waals surface area contributed by atoms with Crippen LogP contribution in [0.15, 0.2) is 82.6 Å². The van der Waals surface area contributed by atoms with Crippen molar-refractivity contribution in [2.45, 2.75) is 16.7 Å². The Hall–Kier alpha value is -3.37. The minimum absolute atomic E-state index is 0.0854. The quantitative estimate of drug-likeness (QED) is 0.261. The lowest BCUT2D eigenvalue weighted by Crippen LogP contribution is -2.42. The van der Waals surface area contributed by atoms with Crippen molar-refractivity contribution < 1.29 is 27.4 Å². The zero-order chi connectivity index (χ0) is 26.0. The van der Waals surface area contributed by atoms with Crippen LogP contribution in [-0.4, -0.2) is 54.0 Å². The Morgan fingerprint density at radius 3 is 2.25 bits per heavy atom. The first kappa shape index (κ1) is 27.2. The third kappa shape index (κ3) is 7.08. The van der Waals surface area contributed by atoms with Crippen molar-refractivity contribution >= 4 is 33.4 Å². The Labute approximate surface area is 216 Å². The molecule has 1 N–H and O–H groups in total. The number of sulfonamides is 1. The first-order chi connectivity index (χ1) is 17.4. The molecule has 192 valence electrons. The summed E-state index contributed by atoms with van der Waals surface area (Å²) in [6.07, 6.45) is 1.91. The molecule has 36 heavy (non-hydrogen) atoms. The van der Waals surface area contributed by atoms with E-state index in [2.05, 4.69) is 5.32 Å². The van der Waals surface area contributed by atoms with Gasteiger partial charge in [0.25, 0.3) is 10.0 Å². The fourth-order valence-electron chi connectivity index (χ4n) is 3.33. The molecule has 0 atom stereocenters. The average Bonchev–Trinajstić information content (AvgIpc) is 2.90. The summed E-state index contributed by atoms with van der Waals surface area (Å²) in [5, 5.41) is 2.73. The normalized spacial score (nSPS) is 11.0. The molecule has 0 aromatic heterocycles. The number of hydrogen-bond acceptors (Lipinski definition) is 7. The highest BCUT2D eigenvalue weighted by Gasteiger charge is 2.29. The first-order valence-electron chi connectivity index (χ1n) is 11.3. The van der Waals surface area contributed by atoms with E-state index in [-0.39, 0.29) is 23.7 Å². The standard InChI is InChI=1S/C26H30N2O6S2/c1-4-33-25-8-6-5-7-24(25)28(36(30,31)23-15-13-22(35-3)14-16-23)19-26(29)27-17-18-34-21-11-9-20(32-2)10-12-21/h5-16H,4,17-19H2,1-3H3,(H,27,29). The Bertz CT molecular complexity index is 1230. The van der Waals surface area contributed by atoms with Crippen LogP contribution >= 0.6 is 11.8 Å². The summed E-state index contributed by atoms with van der Waals surface area (Å²) in [5.74, 6) is 1.25. The maximum atomic E-state index is 13.6. The molecule has 8 nitrogen and oxygen atoms in total. The van der Waals surface area contributed by atoms with Gasteiger partial charge in [0.1, 0.15) is 30.4 Å². The molecule has 0 saturated carbocycles. The molecule has 3 rings (SSSR count). The van der Waals surface area contributed by atoms with Crippen LogP contribution in [0.25, 0.3) is 0 Å². The summed E-state index contributed by atoms with van der Waals surface area (Å²) in [5.41, 5.74) is 0.290. The van der Waals surface area contributed by atoms with Gasteiger partial charge in [0, 0.05) is 4.90 Å². The maximum absolute atomic E-state index is 13.6. The number of nitrogens with one attached hydrogen (secondary N) is 1. The van der Waals surface area contributed by atoms with E-state index in [1.807, 2.05) is 13.2 Å². The van der Waals surface area contributed by atoms with Crippen LogP contribution in [0.2, 0.25) is 0 Å². The third-order valence-corrected chi connectivity index (χ3v) is 7.64. The summed E-state index contributed by atoms with van der Waals surface area (Å²) >= 11 is 1.51. The number of methoxy groups -OCH3 is 1. The van der Waals surface area contributed by atoms with Crippen molar-refractivity contribution in [1.29, 1.82) is 0 Å². The van der Waals surface area contributed by atoms with Gasteiger partial charge >= 0.3 is 0 Å². The third-order valence-electron chi connectivity index (χ3n) is 5.12. The Morgan fingerprint density at radius 1 is 0.944 bits per heavy atom. The van der Waals surface area contributed by atoms with E-state index in [0.29, 0.717) is 23.9 Å². The zero-order valence-corrected chi connectivity index (χ0v) is 22.1. The van der Waals surface area contributed by atoms with Gasteiger partial charge in [-0.25, -0.2) is 8.42 Å². The van der Waals surface area contributed by atoms with Crippen molar-refractivity contribution in [3.05, 3.63) is 72.8 Å². The van der Waals surface area contributed by atoms with Gasteiger partial charge < -0.3 is 19.5 Å². The van der Waals surface area contributed by atoms with Crippen LogP contribution in [0, 0.1) is 0 Å². The van der Waals surface area contributed by atoms with E-state index in [9.17, 15) is 13.2 Å². The minimum Gasteiger partial charge on any atom is -0.497 e. The molecule has 0 aliphatic rings. The van der Waals surface area contributed by atoms with Gasteiger partial charge in [-0.2, -0.15) is 0 Å². The van der Waals surface area contributed by atoms with Crippen molar-refractivity contribution in [3.63, 3.8) is 0 Å². The molecule has 0 bridgehead atoms. The van der Waals surface area contributed by atoms with E-state index in [4.69, 9.17) is 14.2 Å². The molecule has 0 radical (unpaired) electrons. The van der Waals surface area contributed by atoms with Gasteiger partial charge in [-0.1, -0.05) is 12.1 Å². The number of benzene rings is 3. The van der Waals surface area contributed by atoms with Crippen LogP contribution in [-0.2, 0) is 14.8 Å². The number of thioether (sulfide) groups is 1. The van der Waals surface area contributed by atoms with Crippen LogP contribution < -0.4 is 23.8 Å². The molecule has 0 fully saturated rings. The number of carbonyl (C=O) groups is 1. The molecular formula is C26H30N2O6S2. The van der Waals surface area contributed by atoms with Gasteiger partial charge in [0.05, 0.1) is 30.8 Å². The lowest BCUT2D eigenvalue weighted by Gasteiger charge is -2.26. The highest BCUT2D eigenvalue weighted by atomic mass is 32.2. The highest BCUT2D eigenvalue weighted by molar-refractivity contribution is 7.98. The largest absolute Gasteiger partial charge is 0.497 e. The lowest BCUT2D eigenvalue weighted by molar-refractivity contribution is -0.119. The van der Waals surface area contributed by atoms with Gasteiger partial charge in [-0.15, -0.1) is 11.8 Å². The molecule has 10 heteroatoms. The highest BCUT2D eigenvalue weighted by Crippen LogP contribution is 2.32. The number of para-hydroxylation sites is 2. The maximum Gasteiger partial charge on any atom is 0.264 e. The summed E-state index contributed by atoms with van der Waals surface area (Å²) in [6, 6.07) is 20.4. The fraction of sp³-hybridized carbons (Fsp3) is 0.269. The van der Waals surface area contributed by atoms with E-state index >= 15 is 0 Å². The SMILES string of the molecule is CCOc1ccccc1N(CC(=O)NCCOc1ccc(OC)cc1)S(=O)(=O)c1ccc(SC)cc1. The van der Waals surface area contributed by atoms with Crippen molar-refractivity contribution in [1.82, 2.24) is 5.32 Å². The summed E-state index contributed by atoms with van der Waals surface area (Å²) in [7, 11) is -2.47. The van der Waals surface area contributed by atoms with Gasteiger partial charge in [0.15, 0.2) is 0 Å². The van der Waals surface area contributed by atoms with E-state index < -0.39 is 22.5 Å². The molecular weight excluding hydrogens is 500 g/mol. The van der Waals surface area contributed by atoms with Crippen LogP contribution in [0.1, 0.15) is 6.92 Å². The second kappa shape index (κ2) is 13.1. The molecule has 1 amide bonds. The molecule has 0 unspecified atom stereocenters. The predicted octanol–water partition coefficient (Wildman–Crippen LogP) is 4.21. The topological polar surface area (TPSA) is 94.2 Å². The van der Waals surface area contributed by atoms with E-state index in [1.54, 1.807) is 67.8 Å². The van der Waals surface area contributed by atoms with Crippen LogP contribution in [0.5, 0.6) is 17.2 Å². The summed E-state index contributed by atoms with van der Waals surface area (Å²) in [4.78, 5) is 13.9. The molecule has 0 heterocycles. The second-order valence-corrected chi connectivity index (χ2v) is 10.2. The predicted molar refractivity (Wildman–Crippen MR) is 142 cm³/mol. The number of anilines is 1. The number of rotatable bonds is 13. The van der Waals surface area contributed by atoms with Crippen molar-refractivity contribution in [2.24, 2.45) is 0 Å². The van der Waals surface area contributed by atoms with E-state index in [1.165, 1.54) is 23.9 Å². The number of ether oxygens (including phenoxy) is 3. The average molecular weight is 531 g/mol. The molecule has 0 aliphatic heterocycles. The number of nitrogens with zero attached hydrogens (tertiary/aromatic N) is 1.